The first-order valence-corrected chi connectivity index (χ1v) is 11.1. The molecule has 174 valence electrons. The van der Waals surface area contributed by atoms with E-state index in [9.17, 15) is 18.0 Å². The molecule has 1 N–H and O–H groups in total. The highest BCUT2D eigenvalue weighted by Crippen LogP contribution is 2.46. The van der Waals surface area contributed by atoms with Gasteiger partial charge in [0, 0.05) is 19.5 Å². The number of fused-ring (bicyclic) bond motifs is 1. The number of benzene rings is 1. The van der Waals surface area contributed by atoms with Gasteiger partial charge in [-0.2, -0.15) is 18.3 Å². The standard InChI is InChI=1S/C22H26ClF3N4O2/c1-29(14-6-4-3-5-7-14)21(31)19-18(23)20-27-16(13-8-10-15(32-2)11-9-13)12-17(22(24,25)26)30(20)28-19/h8-11,14,16-17,27H,3-7,12H2,1-2H3/t16-,17+/m0/s1. The van der Waals surface area contributed by atoms with Crippen molar-refractivity contribution in [2.75, 3.05) is 19.5 Å². The van der Waals surface area contributed by atoms with Crippen LogP contribution in [-0.2, 0) is 0 Å². The van der Waals surface area contributed by atoms with Gasteiger partial charge in [-0.1, -0.05) is 43.0 Å². The van der Waals surface area contributed by atoms with E-state index in [0.29, 0.717) is 11.3 Å². The molecule has 2 aromatic rings. The Morgan fingerprint density at radius 1 is 1.22 bits per heavy atom. The van der Waals surface area contributed by atoms with Crippen molar-refractivity contribution in [2.45, 2.75) is 62.8 Å². The number of amides is 1. The second-order valence-electron chi connectivity index (χ2n) is 8.43. The zero-order chi connectivity index (χ0) is 23.0. The third-order valence-corrected chi connectivity index (χ3v) is 6.82. The summed E-state index contributed by atoms with van der Waals surface area (Å²) < 4.78 is 47.9. The first-order valence-electron chi connectivity index (χ1n) is 10.7. The lowest BCUT2D eigenvalue weighted by molar-refractivity contribution is -0.173. The van der Waals surface area contributed by atoms with Gasteiger partial charge in [0.05, 0.1) is 13.2 Å². The van der Waals surface area contributed by atoms with Crippen LogP contribution >= 0.6 is 11.6 Å². The van der Waals surface area contributed by atoms with Gasteiger partial charge in [0.25, 0.3) is 5.91 Å². The first kappa shape index (κ1) is 22.8. The molecule has 6 nitrogen and oxygen atoms in total. The van der Waals surface area contributed by atoms with Crippen molar-refractivity contribution in [1.82, 2.24) is 14.7 Å². The van der Waals surface area contributed by atoms with Crippen LogP contribution in [0.4, 0.5) is 19.0 Å². The van der Waals surface area contributed by atoms with E-state index in [1.54, 1.807) is 36.2 Å². The van der Waals surface area contributed by atoms with Crippen LogP contribution in [0.1, 0.15) is 66.7 Å². The molecule has 1 fully saturated rings. The summed E-state index contributed by atoms with van der Waals surface area (Å²) in [6.45, 7) is 0. The van der Waals surface area contributed by atoms with E-state index in [1.165, 1.54) is 7.11 Å². The Morgan fingerprint density at radius 2 is 1.88 bits per heavy atom. The lowest BCUT2D eigenvalue weighted by Crippen LogP contribution is -2.39. The largest absolute Gasteiger partial charge is 0.497 e. The molecule has 32 heavy (non-hydrogen) atoms. The second-order valence-corrected chi connectivity index (χ2v) is 8.80. The van der Waals surface area contributed by atoms with Gasteiger partial charge in [0.15, 0.2) is 11.7 Å². The van der Waals surface area contributed by atoms with E-state index in [4.69, 9.17) is 16.3 Å². The highest BCUT2D eigenvalue weighted by atomic mass is 35.5. The summed E-state index contributed by atoms with van der Waals surface area (Å²) in [6.07, 6.45) is 0.0993. The fourth-order valence-corrected chi connectivity index (χ4v) is 4.84. The number of anilines is 1. The second kappa shape index (κ2) is 8.84. The average Bonchev–Trinajstić information content (AvgIpc) is 3.13. The maximum Gasteiger partial charge on any atom is 0.410 e. The molecule has 1 aliphatic heterocycles. The zero-order valence-corrected chi connectivity index (χ0v) is 18.7. The van der Waals surface area contributed by atoms with Gasteiger partial charge in [0.1, 0.15) is 16.6 Å². The number of nitrogens with one attached hydrogen (secondary N) is 1. The minimum absolute atomic E-state index is 0.0152. The summed E-state index contributed by atoms with van der Waals surface area (Å²) in [7, 11) is 3.19. The highest BCUT2D eigenvalue weighted by Gasteiger charge is 2.48. The summed E-state index contributed by atoms with van der Waals surface area (Å²) in [5.74, 6) is 0.174. The Bertz CT molecular complexity index is 971. The number of alkyl halides is 3. The quantitative estimate of drug-likeness (QED) is 0.631. The molecule has 1 saturated carbocycles. The number of ether oxygens (including phenoxy) is 1. The van der Waals surface area contributed by atoms with Crippen molar-refractivity contribution in [3.8, 4) is 5.75 Å². The van der Waals surface area contributed by atoms with Crippen LogP contribution in [0.3, 0.4) is 0 Å². The smallest absolute Gasteiger partial charge is 0.410 e. The number of nitrogens with zero attached hydrogens (tertiary/aromatic N) is 3. The molecule has 10 heteroatoms. The van der Waals surface area contributed by atoms with Crippen LogP contribution in [0.2, 0.25) is 5.02 Å². The molecule has 0 spiro atoms. The molecule has 0 radical (unpaired) electrons. The SMILES string of the molecule is COc1ccc([C@@H]2C[C@H](C(F)(F)F)n3nc(C(=O)N(C)C4CCCCC4)c(Cl)c3N2)cc1. The van der Waals surface area contributed by atoms with Crippen LogP contribution in [0.5, 0.6) is 5.75 Å². The minimum atomic E-state index is -4.55. The minimum Gasteiger partial charge on any atom is -0.497 e. The molecule has 1 aliphatic carbocycles. The molecular formula is C22H26ClF3N4O2. The van der Waals surface area contributed by atoms with Crippen molar-refractivity contribution in [3.63, 3.8) is 0 Å². The predicted octanol–water partition coefficient (Wildman–Crippen LogP) is 5.61. The molecule has 1 amide bonds. The lowest BCUT2D eigenvalue weighted by atomic mass is 9.94. The molecule has 0 bridgehead atoms. The van der Waals surface area contributed by atoms with Crippen molar-refractivity contribution in [2.24, 2.45) is 0 Å². The van der Waals surface area contributed by atoms with E-state index in [-0.39, 0.29) is 29.0 Å². The molecule has 4 rings (SSSR count). The number of rotatable bonds is 4. The highest BCUT2D eigenvalue weighted by molar-refractivity contribution is 6.36. The molecular weight excluding hydrogens is 445 g/mol. The number of carbonyl (C=O) groups excluding carboxylic acids is 1. The monoisotopic (exact) mass is 470 g/mol. The molecule has 0 saturated heterocycles. The summed E-state index contributed by atoms with van der Waals surface area (Å²) in [4.78, 5) is 14.7. The van der Waals surface area contributed by atoms with Gasteiger partial charge in [-0.05, 0) is 30.5 Å². The Labute approximate surface area is 189 Å². The van der Waals surface area contributed by atoms with E-state index < -0.39 is 24.2 Å². The zero-order valence-electron chi connectivity index (χ0n) is 18.0. The van der Waals surface area contributed by atoms with Gasteiger partial charge in [-0.25, -0.2) is 4.68 Å². The number of carbonyl (C=O) groups is 1. The van der Waals surface area contributed by atoms with Gasteiger partial charge in [0.2, 0.25) is 0 Å². The first-order chi connectivity index (χ1) is 15.2. The fraction of sp³-hybridized carbons (Fsp3) is 0.545. The van der Waals surface area contributed by atoms with Crippen molar-refractivity contribution >= 4 is 23.3 Å². The van der Waals surface area contributed by atoms with Crippen molar-refractivity contribution in [1.29, 1.82) is 0 Å². The normalized spacial score (nSPS) is 21.6. The number of aromatic nitrogens is 2. The number of hydrogen-bond donors (Lipinski definition) is 1. The predicted molar refractivity (Wildman–Crippen MR) is 115 cm³/mol. The summed E-state index contributed by atoms with van der Waals surface area (Å²) in [5.41, 5.74) is 0.516. The molecule has 2 heterocycles. The van der Waals surface area contributed by atoms with E-state index in [0.717, 1.165) is 36.8 Å². The Balaban J connectivity index is 1.67. The van der Waals surface area contributed by atoms with Crippen LogP contribution in [0.15, 0.2) is 24.3 Å². The molecule has 1 aromatic heterocycles. The summed E-state index contributed by atoms with van der Waals surface area (Å²) >= 11 is 6.46. The Kier molecular flexibility index (Phi) is 6.29. The van der Waals surface area contributed by atoms with Crippen LogP contribution < -0.4 is 10.1 Å². The molecule has 1 aromatic carbocycles. The summed E-state index contributed by atoms with van der Waals surface area (Å²) in [6, 6.07) is 4.32. The van der Waals surface area contributed by atoms with Crippen molar-refractivity contribution in [3.05, 3.63) is 40.5 Å². The average molecular weight is 471 g/mol. The van der Waals surface area contributed by atoms with Crippen LogP contribution in [-0.4, -0.2) is 47.0 Å². The topological polar surface area (TPSA) is 59.4 Å². The van der Waals surface area contributed by atoms with Crippen molar-refractivity contribution < 1.29 is 22.7 Å². The van der Waals surface area contributed by atoms with E-state index in [1.807, 2.05) is 0 Å². The number of hydrogen-bond acceptors (Lipinski definition) is 4. The lowest BCUT2D eigenvalue weighted by Gasteiger charge is -2.33. The maximum absolute atomic E-state index is 14.0. The van der Waals surface area contributed by atoms with Gasteiger partial charge < -0.3 is 15.0 Å². The number of halogens is 4. The van der Waals surface area contributed by atoms with Crippen LogP contribution in [0.25, 0.3) is 0 Å². The number of methoxy groups -OCH3 is 1. The Morgan fingerprint density at radius 3 is 2.47 bits per heavy atom. The van der Waals surface area contributed by atoms with Gasteiger partial charge >= 0.3 is 6.18 Å². The van der Waals surface area contributed by atoms with E-state index in [2.05, 4.69) is 10.4 Å². The molecule has 0 unspecified atom stereocenters. The molecule has 2 aliphatic rings. The summed E-state index contributed by atoms with van der Waals surface area (Å²) in [5, 5.41) is 7.05. The maximum atomic E-state index is 14.0. The fourth-order valence-electron chi connectivity index (χ4n) is 4.58. The third-order valence-electron chi connectivity index (χ3n) is 6.46. The third kappa shape index (κ3) is 4.27. The van der Waals surface area contributed by atoms with Crippen LogP contribution in [0, 0.1) is 0 Å². The van der Waals surface area contributed by atoms with E-state index >= 15 is 0 Å². The van der Waals surface area contributed by atoms with Gasteiger partial charge in [-0.15, -0.1) is 0 Å². The Hall–Kier alpha value is -2.42. The van der Waals surface area contributed by atoms with Gasteiger partial charge in [-0.3, -0.25) is 4.79 Å². The molecule has 2 atom stereocenters.